The highest BCUT2D eigenvalue weighted by molar-refractivity contribution is 9.10. The molecule has 0 fully saturated rings. The summed E-state index contributed by atoms with van der Waals surface area (Å²) in [5.41, 5.74) is 2.43. The summed E-state index contributed by atoms with van der Waals surface area (Å²) in [6.45, 7) is 3.78. The molecule has 0 saturated carbocycles. The molecule has 1 atom stereocenters. The molecule has 0 amide bonds. The Morgan fingerprint density at radius 1 is 1.08 bits per heavy atom. The summed E-state index contributed by atoms with van der Waals surface area (Å²) >= 11 is 4.72. The first-order valence-electron chi connectivity index (χ1n) is 12.5. The number of thiazole rings is 1. The number of carbonyl (C=O) groups is 1. The number of furan rings is 1. The van der Waals surface area contributed by atoms with E-state index in [4.69, 9.17) is 9.15 Å². The lowest BCUT2D eigenvalue weighted by Gasteiger charge is -2.25. The van der Waals surface area contributed by atoms with Gasteiger partial charge in [-0.05, 0) is 54.4 Å². The Labute approximate surface area is 236 Å². The van der Waals surface area contributed by atoms with Gasteiger partial charge in [0, 0.05) is 16.1 Å². The minimum Gasteiger partial charge on any atom is -0.463 e. The van der Waals surface area contributed by atoms with Gasteiger partial charge in [0.1, 0.15) is 11.5 Å². The Balaban J connectivity index is 1.53. The third-order valence-electron chi connectivity index (χ3n) is 6.66. The monoisotopic (exact) mass is 598 g/mol. The molecule has 0 aliphatic carbocycles. The summed E-state index contributed by atoms with van der Waals surface area (Å²) in [6, 6.07) is 24.7. The van der Waals surface area contributed by atoms with Gasteiger partial charge in [-0.2, -0.15) is 0 Å². The van der Waals surface area contributed by atoms with E-state index in [2.05, 4.69) is 20.9 Å². The number of fused-ring (bicyclic) bond motifs is 2. The lowest BCUT2D eigenvalue weighted by atomic mass is 9.91. The molecule has 0 N–H and O–H groups in total. The van der Waals surface area contributed by atoms with Crippen LogP contribution in [-0.2, 0) is 9.53 Å². The van der Waals surface area contributed by atoms with E-state index >= 15 is 0 Å². The normalized spacial score (nSPS) is 15.4. The predicted octanol–water partition coefficient (Wildman–Crippen LogP) is 5.97. The smallest absolute Gasteiger partial charge is 0.338 e. The Hall–Kier alpha value is -4.01. The fraction of sp³-hybridized carbons (Fsp3) is 0.129. The van der Waals surface area contributed by atoms with Gasteiger partial charge in [-0.15, -0.1) is 0 Å². The van der Waals surface area contributed by atoms with Crippen molar-refractivity contribution in [1.29, 1.82) is 0 Å². The summed E-state index contributed by atoms with van der Waals surface area (Å²) in [7, 11) is 0. The van der Waals surface area contributed by atoms with Crippen LogP contribution >= 0.6 is 27.3 Å². The van der Waals surface area contributed by atoms with E-state index in [-0.39, 0.29) is 12.2 Å². The molecule has 1 aliphatic heterocycles. The molecule has 3 heterocycles. The van der Waals surface area contributed by atoms with Gasteiger partial charge < -0.3 is 9.15 Å². The number of allylic oxidation sites excluding steroid dienone is 1. The summed E-state index contributed by atoms with van der Waals surface area (Å²) in [6.07, 6.45) is 1.73. The van der Waals surface area contributed by atoms with Crippen LogP contribution in [0.15, 0.2) is 109 Å². The van der Waals surface area contributed by atoms with Crippen molar-refractivity contribution < 1.29 is 13.9 Å². The SMILES string of the molecule is CCOC(=O)C1=C(C)N=c2s/c(=C/c3ccc(-c4ccc(Br)cc4)o3)c(=O)n2[C@@H]1c1cccc2ccccc12. The molecule has 39 heavy (non-hydrogen) atoms. The number of rotatable bonds is 5. The number of halogens is 1. The zero-order valence-corrected chi connectivity index (χ0v) is 23.6. The molecular formula is C31H23BrN2O4S. The summed E-state index contributed by atoms with van der Waals surface area (Å²) in [5, 5.41) is 1.98. The van der Waals surface area contributed by atoms with Gasteiger partial charge in [0.2, 0.25) is 0 Å². The number of esters is 1. The van der Waals surface area contributed by atoms with Crippen LogP contribution in [0, 0.1) is 0 Å². The van der Waals surface area contributed by atoms with Gasteiger partial charge in [-0.1, -0.05) is 81.9 Å². The third kappa shape index (κ3) is 4.60. The zero-order valence-electron chi connectivity index (χ0n) is 21.2. The summed E-state index contributed by atoms with van der Waals surface area (Å²) < 4.78 is 14.5. The van der Waals surface area contributed by atoms with Crippen LogP contribution in [0.1, 0.15) is 31.2 Å². The molecule has 6 nitrogen and oxygen atoms in total. The van der Waals surface area contributed by atoms with Crippen LogP contribution in [-0.4, -0.2) is 17.1 Å². The van der Waals surface area contributed by atoms with Crippen LogP contribution in [0.25, 0.3) is 28.2 Å². The molecule has 194 valence electrons. The number of hydrogen-bond acceptors (Lipinski definition) is 6. The average Bonchev–Trinajstić information content (AvgIpc) is 3.52. The molecule has 8 heteroatoms. The first-order valence-corrected chi connectivity index (χ1v) is 14.1. The second kappa shape index (κ2) is 10.3. The Morgan fingerprint density at radius 3 is 2.64 bits per heavy atom. The largest absolute Gasteiger partial charge is 0.463 e. The van der Waals surface area contributed by atoms with Gasteiger partial charge in [0.15, 0.2) is 4.80 Å². The van der Waals surface area contributed by atoms with Crippen molar-refractivity contribution in [3.63, 3.8) is 0 Å². The van der Waals surface area contributed by atoms with Crippen LogP contribution in [0.2, 0.25) is 0 Å². The van der Waals surface area contributed by atoms with Crippen molar-refractivity contribution in [3.05, 3.63) is 126 Å². The number of ether oxygens (including phenoxy) is 1. The molecule has 0 radical (unpaired) electrons. The van der Waals surface area contributed by atoms with E-state index in [9.17, 15) is 9.59 Å². The van der Waals surface area contributed by atoms with Gasteiger partial charge in [-0.3, -0.25) is 9.36 Å². The first-order chi connectivity index (χ1) is 18.9. The highest BCUT2D eigenvalue weighted by atomic mass is 79.9. The van der Waals surface area contributed by atoms with Crippen LogP contribution < -0.4 is 14.9 Å². The Bertz CT molecular complexity index is 1940. The van der Waals surface area contributed by atoms with E-state index in [1.54, 1.807) is 24.5 Å². The Kier molecular flexibility index (Phi) is 6.66. The zero-order chi connectivity index (χ0) is 27.1. The van der Waals surface area contributed by atoms with Crippen molar-refractivity contribution in [1.82, 2.24) is 4.57 Å². The highest BCUT2D eigenvalue weighted by Gasteiger charge is 2.34. The van der Waals surface area contributed by atoms with Gasteiger partial charge in [0.25, 0.3) is 5.56 Å². The lowest BCUT2D eigenvalue weighted by molar-refractivity contribution is -0.139. The lowest BCUT2D eigenvalue weighted by Crippen LogP contribution is -2.40. The molecular weight excluding hydrogens is 576 g/mol. The van der Waals surface area contributed by atoms with Crippen LogP contribution in [0.4, 0.5) is 0 Å². The molecule has 3 aromatic carbocycles. The number of aromatic nitrogens is 1. The molecule has 6 rings (SSSR count). The standard InChI is InChI=1S/C31H23BrN2O4S/c1-3-37-30(36)27-18(2)33-31-34(28(27)24-10-6-8-19-7-4-5-9-23(19)24)29(35)26(39-31)17-22-15-16-25(38-22)20-11-13-21(32)14-12-20/h4-17,28H,3H2,1-2H3/b26-17+/t28-/m1/s1. The molecule has 5 aromatic rings. The number of nitrogens with zero attached hydrogens (tertiary/aromatic N) is 2. The molecule has 1 aliphatic rings. The average molecular weight is 600 g/mol. The fourth-order valence-corrected chi connectivity index (χ4v) is 6.19. The van der Waals surface area contributed by atoms with Crippen molar-refractivity contribution >= 4 is 50.1 Å². The van der Waals surface area contributed by atoms with E-state index in [1.807, 2.05) is 78.9 Å². The number of hydrogen-bond donors (Lipinski definition) is 0. The van der Waals surface area contributed by atoms with Gasteiger partial charge >= 0.3 is 5.97 Å². The maximum absolute atomic E-state index is 13.9. The van der Waals surface area contributed by atoms with Gasteiger partial charge in [0.05, 0.1) is 28.5 Å². The second-order valence-corrected chi connectivity index (χ2v) is 11.0. The minimum atomic E-state index is -0.677. The summed E-state index contributed by atoms with van der Waals surface area (Å²) in [5.74, 6) is 0.785. The maximum Gasteiger partial charge on any atom is 0.338 e. The van der Waals surface area contributed by atoms with Crippen molar-refractivity contribution in [2.75, 3.05) is 6.61 Å². The van der Waals surface area contributed by atoms with Crippen LogP contribution in [0.3, 0.4) is 0 Å². The Morgan fingerprint density at radius 2 is 1.85 bits per heavy atom. The molecule has 0 spiro atoms. The van der Waals surface area contributed by atoms with Crippen molar-refractivity contribution in [3.8, 4) is 11.3 Å². The first kappa shape index (κ1) is 25.3. The van der Waals surface area contributed by atoms with Crippen molar-refractivity contribution in [2.45, 2.75) is 19.9 Å². The highest BCUT2D eigenvalue weighted by Crippen LogP contribution is 2.35. The molecule has 2 aromatic heterocycles. The summed E-state index contributed by atoms with van der Waals surface area (Å²) in [4.78, 5) is 32.4. The quantitative estimate of drug-likeness (QED) is 0.233. The second-order valence-electron chi connectivity index (χ2n) is 9.08. The topological polar surface area (TPSA) is 73.8 Å². The number of carbonyl (C=O) groups excluding carboxylic acids is 1. The third-order valence-corrected chi connectivity index (χ3v) is 8.18. The molecule has 0 bridgehead atoms. The van der Waals surface area contributed by atoms with E-state index in [0.717, 1.165) is 26.4 Å². The fourth-order valence-electron chi connectivity index (χ4n) is 4.90. The van der Waals surface area contributed by atoms with Gasteiger partial charge in [-0.25, -0.2) is 9.79 Å². The van der Waals surface area contributed by atoms with E-state index < -0.39 is 12.0 Å². The molecule has 0 saturated heterocycles. The number of benzene rings is 3. The minimum absolute atomic E-state index is 0.224. The predicted molar refractivity (Wildman–Crippen MR) is 156 cm³/mol. The van der Waals surface area contributed by atoms with E-state index in [1.165, 1.54) is 11.3 Å². The molecule has 0 unspecified atom stereocenters. The van der Waals surface area contributed by atoms with Crippen LogP contribution in [0.5, 0.6) is 0 Å². The maximum atomic E-state index is 13.9. The van der Waals surface area contributed by atoms with E-state index in [0.29, 0.717) is 32.1 Å². The van der Waals surface area contributed by atoms with Crippen molar-refractivity contribution in [2.24, 2.45) is 4.99 Å².